The van der Waals surface area contributed by atoms with Gasteiger partial charge in [0.1, 0.15) is 11.5 Å². The molecule has 34 heavy (non-hydrogen) atoms. The van der Waals surface area contributed by atoms with E-state index in [0.717, 1.165) is 43.1 Å². The number of rotatable bonds is 3. The predicted octanol–water partition coefficient (Wildman–Crippen LogP) is 3.00. The topological polar surface area (TPSA) is 99.9 Å². The summed E-state index contributed by atoms with van der Waals surface area (Å²) in [7, 11) is 1.53. The second kappa shape index (κ2) is 8.75. The number of fused-ring (bicyclic) bond motifs is 2. The first-order chi connectivity index (χ1) is 16.5. The van der Waals surface area contributed by atoms with Crippen molar-refractivity contribution in [2.75, 3.05) is 48.4 Å². The van der Waals surface area contributed by atoms with Crippen LogP contribution in [0.5, 0.6) is 5.88 Å². The van der Waals surface area contributed by atoms with Gasteiger partial charge in [-0.15, -0.1) is 0 Å². The van der Waals surface area contributed by atoms with E-state index in [1.165, 1.54) is 25.6 Å². The number of pyridine rings is 1. The zero-order valence-electron chi connectivity index (χ0n) is 20.3. The summed E-state index contributed by atoms with van der Waals surface area (Å²) in [5, 5.41) is 6.62. The number of urea groups is 1. The summed E-state index contributed by atoms with van der Waals surface area (Å²) in [5.41, 5.74) is 3.97. The van der Waals surface area contributed by atoms with Gasteiger partial charge in [0, 0.05) is 61.6 Å². The molecule has 180 valence electrons. The van der Waals surface area contributed by atoms with Crippen molar-refractivity contribution in [3.05, 3.63) is 35.9 Å². The van der Waals surface area contributed by atoms with Crippen molar-refractivity contribution < 1.29 is 9.53 Å². The molecule has 6 rings (SSSR count). The van der Waals surface area contributed by atoms with E-state index < -0.39 is 0 Å². The number of methoxy groups -OCH3 is 1. The molecule has 1 saturated heterocycles. The number of hydrogen-bond acceptors (Lipinski definition) is 7. The molecule has 3 aromatic rings. The van der Waals surface area contributed by atoms with Gasteiger partial charge in [0.2, 0.25) is 11.7 Å². The van der Waals surface area contributed by atoms with Crippen molar-refractivity contribution in [3.63, 3.8) is 0 Å². The van der Waals surface area contributed by atoms with Gasteiger partial charge in [0.05, 0.1) is 12.8 Å². The van der Waals surface area contributed by atoms with Gasteiger partial charge < -0.3 is 20.3 Å². The zero-order valence-corrected chi connectivity index (χ0v) is 20.3. The smallest absolute Gasteiger partial charge is 0.327 e. The van der Waals surface area contributed by atoms with Crippen molar-refractivity contribution in [1.29, 1.82) is 0 Å². The maximum absolute atomic E-state index is 13.2. The molecule has 10 nitrogen and oxygen atoms in total. The zero-order chi connectivity index (χ0) is 23.9. The van der Waals surface area contributed by atoms with Crippen molar-refractivity contribution in [2.24, 2.45) is 0 Å². The Morgan fingerprint density at radius 1 is 1.21 bits per heavy atom. The lowest BCUT2D eigenvalue weighted by Crippen LogP contribution is -2.52. The van der Waals surface area contributed by atoms with Gasteiger partial charge in [-0.3, -0.25) is 9.30 Å². The van der Waals surface area contributed by atoms with E-state index in [0.29, 0.717) is 23.9 Å². The Balaban J connectivity index is 0.00000117. The maximum Gasteiger partial charge on any atom is 0.327 e. The molecule has 2 N–H and O–H groups in total. The molecule has 0 unspecified atom stereocenters. The van der Waals surface area contributed by atoms with Crippen LogP contribution >= 0.6 is 0 Å². The average molecular weight is 465 g/mol. The third kappa shape index (κ3) is 3.91. The second-order valence-corrected chi connectivity index (χ2v) is 8.85. The minimum atomic E-state index is -0.247. The number of hydrogen-bond donors (Lipinski definition) is 2. The van der Waals surface area contributed by atoms with Crippen LogP contribution in [0.25, 0.3) is 5.78 Å². The Morgan fingerprint density at radius 3 is 2.79 bits per heavy atom. The molecule has 0 radical (unpaired) electrons. The van der Waals surface area contributed by atoms with Gasteiger partial charge in [-0.05, 0) is 32.3 Å². The minimum absolute atomic E-state index is 0.247. The van der Waals surface area contributed by atoms with Crippen LogP contribution in [0.3, 0.4) is 0 Å². The number of ether oxygens (including phenoxy) is 1. The number of carbonyl (C=O) groups is 1. The highest BCUT2D eigenvalue weighted by atomic mass is 16.5. The largest absolute Gasteiger partial charge is 0.479 e. The van der Waals surface area contributed by atoms with Crippen LogP contribution in [0.4, 0.5) is 22.0 Å². The first-order valence-electron chi connectivity index (χ1n) is 12.0. The van der Waals surface area contributed by atoms with Gasteiger partial charge in [-0.1, -0.05) is 13.8 Å². The van der Waals surface area contributed by atoms with Crippen molar-refractivity contribution in [3.8, 4) is 5.88 Å². The Morgan fingerprint density at radius 2 is 2.03 bits per heavy atom. The van der Waals surface area contributed by atoms with Crippen LogP contribution in [0.2, 0.25) is 0 Å². The molecule has 2 aliphatic heterocycles. The lowest BCUT2D eigenvalue weighted by Gasteiger charge is -2.36. The molecule has 0 bridgehead atoms. The first kappa shape index (κ1) is 22.4. The third-order valence-corrected chi connectivity index (χ3v) is 6.63. The highest BCUT2D eigenvalue weighted by Crippen LogP contribution is 2.41. The predicted molar refractivity (Wildman–Crippen MR) is 132 cm³/mol. The summed E-state index contributed by atoms with van der Waals surface area (Å²) in [6, 6.07) is 1.84. The van der Waals surface area contributed by atoms with Gasteiger partial charge in [0.15, 0.2) is 0 Å². The number of aryl methyl sites for hydroxylation is 1. The van der Waals surface area contributed by atoms with Gasteiger partial charge in [0.25, 0.3) is 0 Å². The van der Waals surface area contributed by atoms with E-state index in [1.807, 2.05) is 33.2 Å². The number of nitrogens with zero attached hydrogens (tertiary/aromatic N) is 6. The van der Waals surface area contributed by atoms with Crippen LogP contribution in [-0.4, -0.2) is 64.2 Å². The number of carbonyl (C=O) groups excluding carboxylic acids is 1. The third-order valence-electron chi connectivity index (χ3n) is 6.63. The summed E-state index contributed by atoms with van der Waals surface area (Å²) in [6.45, 7) is 9.46. The minimum Gasteiger partial charge on any atom is -0.479 e. The van der Waals surface area contributed by atoms with E-state index in [-0.39, 0.29) is 11.6 Å². The van der Waals surface area contributed by atoms with E-state index in [2.05, 4.69) is 36.6 Å². The molecule has 0 atom stereocenters. The molecule has 2 fully saturated rings. The molecule has 2 amide bonds. The molecule has 3 aliphatic rings. The molecular weight excluding hydrogens is 432 g/mol. The number of aromatic nitrogens is 4. The normalized spacial score (nSPS) is 17.9. The lowest BCUT2D eigenvalue weighted by molar-refractivity contribution is 0.257. The fourth-order valence-corrected chi connectivity index (χ4v) is 4.87. The molecule has 1 saturated carbocycles. The van der Waals surface area contributed by atoms with Crippen LogP contribution in [-0.2, 0) is 6.42 Å². The van der Waals surface area contributed by atoms with E-state index >= 15 is 0 Å². The van der Waals surface area contributed by atoms with Gasteiger partial charge in [-0.2, -0.15) is 4.98 Å². The SMILES string of the molecule is CC.COc1nc2nc(C)cn2cc1NC(=O)N1CCc2c(N3CCNC4(CC4)C3)ccnc21. The first-order valence-corrected chi connectivity index (χ1v) is 12.0. The number of piperazine rings is 1. The molecule has 1 aliphatic carbocycles. The summed E-state index contributed by atoms with van der Waals surface area (Å²) in [6.07, 6.45) is 8.71. The fraction of sp³-hybridized carbons (Fsp3) is 0.500. The van der Waals surface area contributed by atoms with Crippen molar-refractivity contribution in [1.82, 2.24) is 24.7 Å². The van der Waals surface area contributed by atoms with E-state index in [1.54, 1.807) is 15.5 Å². The Hall–Kier alpha value is -3.40. The molecule has 5 heterocycles. The Labute approximate surface area is 199 Å². The standard InChI is InChI=1S/C22H26N8O2.C2H6/c1-14-11-29-12-16(19(32-2)27-20(29)25-14)26-21(31)30-9-4-15-17(3-7-23-18(15)30)28-10-8-24-22(13-28)5-6-22;1-2/h3,7,11-12,24H,4-6,8-10,13H2,1-2H3,(H,26,31);1-2H3. The van der Waals surface area contributed by atoms with Crippen LogP contribution in [0.15, 0.2) is 24.7 Å². The summed E-state index contributed by atoms with van der Waals surface area (Å²) in [4.78, 5) is 30.7. The Kier molecular flexibility index (Phi) is 5.76. The second-order valence-electron chi connectivity index (χ2n) is 8.85. The van der Waals surface area contributed by atoms with E-state index in [9.17, 15) is 4.79 Å². The summed E-state index contributed by atoms with van der Waals surface area (Å²) >= 11 is 0. The monoisotopic (exact) mass is 464 g/mol. The Bertz CT molecular complexity index is 1220. The molecule has 10 heteroatoms. The number of nitrogens with one attached hydrogen (secondary N) is 2. The van der Waals surface area contributed by atoms with Gasteiger partial charge in [-0.25, -0.2) is 14.8 Å². The maximum atomic E-state index is 13.2. The molecular formula is C24H32N8O2. The quantitative estimate of drug-likeness (QED) is 0.615. The van der Waals surface area contributed by atoms with Crippen LogP contribution in [0.1, 0.15) is 37.9 Å². The van der Waals surface area contributed by atoms with Gasteiger partial charge >= 0.3 is 6.03 Å². The fourth-order valence-electron chi connectivity index (χ4n) is 4.87. The number of amides is 2. The molecule has 3 aromatic heterocycles. The number of anilines is 3. The molecule has 0 aromatic carbocycles. The summed E-state index contributed by atoms with van der Waals surface area (Å²) in [5.74, 6) is 1.59. The van der Waals surface area contributed by atoms with Crippen LogP contribution < -0.4 is 25.2 Å². The van der Waals surface area contributed by atoms with Crippen molar-refractivity contribution in [2.45, 2.75) is 45.6 Å². The highest BCUT2D eigenvalue weighted by molar-refractivity contribution is 6.03. The molecule has 1 spiro atoms. The highest BCUT2D eigenvalue weighted by Gasteiger charge is 2.46. The van der Waals surface area contributed by atoms with Crippen molar-refractivity contribution >= 4 is 29.0 Å². The summed E-state index contributed by atoms with van der Waals surface area (Å²) < 4.78 is 7.17. The average Bonchev–Trinajstić information content (AvgIpc) is 3.28. The van der Waals surface area contributed by atoms with Crippen LogP contribution in [0, 0.1) is 6.92 Å². The number of imidazole rings is 1. The lowest BCUT2D eigenvalue weighted by atomic mass is 10.1. The van der Waals surface area contributed by atoms with E-state index in [4.69, 9.17) is 4.74 Å².